The number of β-amino-alcohol motifs (C(OH)–C–C–N with tert-alkyl or cyclic N) is 1. The van der Waals surface area contributed by atoms with Gasteiger partial charge in [0.15, 0.2) is 0 Å². The third kappa shape index (κ3) is 3.16. The van der Waals surface area contributed by atoms with Crippen LogP contribution in [-0.2, 0) is 0 Å². The van der Waals surface area contributed by atoms with Gasteiger partial charge in [-0.25, -0.2) is 4.39 Å². The quantitative estimate of drug-likeness (QED) is 0.662. The molecule has 1 rings (SSSR count). The maximum absolute atomic E-state index is 11.9. The Balaban J connectivity index is 2.13. The molecule has 11 heavy (non-hydrogen) atoms. The summed E-state index contributed by atoms with van der Waals surface area (Å²) in [5.74, 6) is 0. The van der Waals surface area contributed by atoms with Crippen LogP contribution in [0.25, 0.3) is 0 Å². The molecule has 1 fully saturated rings. The molecule has 0 unspecified atom stereocenters. The van der Waals surface area contributed by atoms with Crippen LogP contribution in [0.4, 0.5) is 4.39 Å². The number of hydrogen-bond acceptors (Lipinski definition) is 2. The summed E-state index contributed by atoms with van der Waals surface area (Å²) in [6.07, 6.45) is 2.90. The van der Waals surface area contributed by atoms with Crippen LogP contribution < -0.4 is 0 Å². The fraction of sp³-hybridized carbons (Fsp3) is 1.00. The van der Waals surface area contributed by atoms with Gasteiger partial charge in [-0.05, 0) is 25.9 Å². The van der Waals surface area contributed by atoms with Crippen molar-refractivity contribution in [3.63, 3.8) is 0 Å². The third-order valence-corrected chi connectivity index (χ3v) is 2.10. The molecule has 1 aliphatic rings. The Morgan fingerprint density at radius 3 is 2.45 bits per heavy atom. The van der Waals surface area contributed by atoms with E-state index in [9.17, 15) is 4.39 Å². The molecule has 0 aromatic carbocycles. The van der Waals surface area contributed by atoms with Gasteiger partial charge in [-0.3, -0.25) is 0 Å². The van der Waals surface area contributed by atoms with Crippen molar-refractivity contribution < 1.29 is 9.50 Å². The lowest BCUT2D eigenvalue weighted by atomic mass is 10.1. The van der Waals surface area contributed by atoms with E-state index in [2.05, 4.69) is 4.90 Å². The fourth-order valence-corrected chi connectivity index (χ4v) is 1.49. The summed E-state index contributed by atoms with van der Waals surface area (Å²) in [4.78, 5) is 2.13. The van der Waals surface area contributed by atoms with Gasteiger partial charge >= 0.3 is 0 Å². The standard InChI is InChI=1S/C8H16FNO/c9-6-8(11)7-10-4-2-1-3-5-10/h8,11H,1-7H2/t8-/m0/s1. The van der Waals surface area contributed by atoms with Crippen LogP contribution in [0.5, 0.6) is 0 Å². The van der Waals surface area contributed by atoms with Crippen LogP contribution in [0.2, 0.25) is 0 Å². The molecule has 1 N–H and O–H groups in total. The van der Waals surface area contributed by atoms with E-state index < -0.39 is 12.8 Å². The lowest BCUT2D eigenvalue weighted by molar-refractivity contribution is 0.0811. The van der Waals surface area contributed by atoms with Crippen LogP contribution in [0.3, 0.4) is 0 Å². The van der Waals surface area contributed by atoms with Gasteiger partial charge in [-0.2, -0.15) is 0 Å². The fourth-order valence-electron chi connectivity index (χ4n) is 1.49. The summed E-state index contributed by atoms with van der Waals surface area (Å²) >= 11 is 0. The molecular formula is C8H16FNO. The maximum atomic E-state index is 11.9. The van der Waals surface area contributed by atoms with E-state index in [-0.39, 0.29) is 0 Å². The average Bonchev–Trinajstić information content (AvgIpc) is 2.06. The molecule has 1 atom stereocenters. The predicted octanol–water partition coefficient (Wildman–Crippen LogP) is 0.803. The van der Waals surface area contributed by atoms with Gasteiger partial charge in [0.25, 0.3) is 0 Å². The number of rotatable bonds is 3. The zero-order chi connectivity index (χ0) is 8.10. The second-order valence-corrected chi connectivity index (χ2v) is 3.17. The number of hydrogen-bond donors (Lipinski definition) is 1. The van der Waals surface area contributed by atoms with Crippen molar-refractivity contribution in [2.24, 2.45) is 0 Å². The Kier molecular flexibility index (Phi) is 3.80. The highest BCUT2D eigenvalue weighted by Gasteiger charge is 2.13. The first-order valence-corrected chi connectivity index (χ1v) is 4.29. The Hall–Kier alpha value is -0.150. The van der Waals surface area contributed by atoms with Gasteiger partial charge < -0.3 is 10.0 Å². The van der Waals surface area contributed by atoms with E-state index >= 15 is 0 Å². The Labute approximate surface area is 67.0 Å². The molecule has 66 valence electrons. The highest BCUT2D eigenvalue weighted by molar-refractivity contribution is 4.67. The molecule has 0 bridgehead atoms. The van der Waals surface area contributed by atoms with E-state index in [0.29, 0.717) is 6.54 Å². The van der Waals surface area contributed by atoms with E-state index in [1.807, 2.05) is 0 Å². The molecule has 3 heteroatoms. The van der Waals surface area contributed by atoms with Gasteiger partial charge in [0.2, 0.25) is 0 Å². The third-order valence-electron chi connectivity index (χ3n) is 2.10. The molecular weight excluding hydrogens is 145 g/mol. The molecule has 1 saturated heterocycles. The van der Waals surface area contributed by atoms with Crippen LogP contribution in [-0.4, -0.2) is 42.4 Å². The van der Waals surface area contributed by atoms with Crippen LogP contribution in [0, 0.1) is 0 Å². The Morgan fingerprint density at radius 1 is 1.27 bits per heavy atom. The van der Waals surface area contributed by atoms with Gasteiger partial charge in [-0.15, -0.1) is 0 Å². The zero-order valence-corrected chi connectivity index (χ0v) is 6.80. The van der Waals surface area contributed by atoms with E-state index in [1.54, 1.807) is 0 Å². The van der Waals surface area contributed by atoms with Gasteiger partial charge in [-0.1, -0.05) is 6.42 Å². The van der Waals surface area contributed by atoms with Gasteiger partial charge in [0, 0.05) is 6.54 Å². The van der Waals surface area contributed by atoms with Crippen molar-refractivity contribution in [3.05, 3.63) is 0 Å². The summed E-state index contributed by atoms with van der Waals surface area (Å²) in [5, 5.41) is 8.99. The number of piperidine rings is 1. The van der Waals surface area contributed by atoms with E-state index in [1.165, 1.54) is 19.3 Å². The number of halogens is 1. The van der Waals surface area contributed by atoms with Crippen molar-refractivity contribution in [1.29, 1.82) is 0 Å². The van der Waals surface area contributed by atoms with Crippen molar-refractivity contribution in [3.8, 4) is 0 Å². The molecule has 0 amide bonds. The van der Waals surface area contributed by atoms with Crippen molar-refractivity contribution in [2.45, 2.75) is 25.4 Å². The van der Waals surface area contributed by atoms with E-state index in [4.69, 9.17) is 5.11 Å². The number of aliphatic hydroxyl groups excluding tert-OH is 1. The molecule has 0 spiro atoms. The smallest absolute Gasteiger partial charge is 0.117 e. The summed E-state index contributed by atoms with van der Waals surface area (Å²) in [5.41, 5.74) is 0. The highest BCUT2D eigenvalue weighted by atomic mass is 19.1. The second kappa shape index (κ2) is 4.67. The largest absolute Gasteiger partial charge is 0.389 e. The highest BCUT2D eigenvalue weighted by Crippen LogP contribution is 2.08. The summed E-state index contributed by atoms with van der Waals surface area (Å²) in [6, 6.07) is 0. The average molecular weight is 161 g/mol. The van der Waals surface area contributed by atoms with Crippen molar-refractivity contribution >= 4 is 0 Å². The van der Waals surface area contributed by atoms with Gasteiger partial charge in [0.05, 0.1) is 6.10 Å². The summed E-state index contributed by atoms with van der Waals surface area (Å²) in [6.45, 7) is 1.95. The first-order chi connectivity index (χ1) is 5.33. The minimum absolute atomic E-state index is 0.510. The SMILES string of the molecule is O[C@@H](CF)CN1CCCCC1. The van der Waals surface area contributed by atoms with E-state index in [0.717, 1.165) is 13.1 Å². The number of likely N-dealkylation sites (tertiary alicyclic amines) is 1. The first kappa shape index (κ1) is 8.94. The summed E-state index contributed by atoms with van der Waals surface area (Å²) < 4.78 is 11.9. The Bertz CT molecular complexity index is 104. The molecule has 0 radical (unpaired) electrons. The minimum Gasteiger partial charge on any atom is -0.389 e. The first-order valence-electron chi connectivity index (χ1n) is 4.29. The molecule has 0 aromatic rings. The van der Waals surface area contributed by atoms with Crippen molar-refractivity contribution in [1.82, 2.24) is 4.90 Å². The zero-order valence-electron chi connectivity index (χ0n) is 6.80. The van der Waals surface area contributed by atoms with Crippen molar-refractivity contribution in [2.75, 3.05) is 26.3 Å². The lowest BCUT2D eigenvalue weighted by Gasteiger charge is -2.27. The summed E-state index contributed by atoms with van der Waals surface area (Å²) in [7, 11) is 0. The van der Waals surface area contributed by atoms with Gasteiger partial charge in [0.1, 0.15) is 6.67 Å². The molecule has 1 heterocycles. The van der Waals surface area contributed by atoms with Crippen LogP contribution in [0.15, 0.2) is 0 Å². The minimum atomic E-state index is -0.770. The topological polar surface area (TPSA) is 23.5 Å². The molecule has 0 aromatic heterocycles. The van der Waals surface area contributed by atoms with Crippen LogP contribution >= 0.6 is 0 Å². The number of nitrogens with zero attached hydrogens (tertiary/aromatic N) is 1. The number of aliphatic hydroxyl groups is 1. The normalized spacial score (nSPS) is 23.5. The monoisotopic (exact) mass is 161 g/mol. The van der Waals surface area contributed by atoms with Crippen LogP contribution in [0.1, 0.15) is 19.3 Å². The molecule has 0 saturated carbocycles. The maximum Gasteiger partial charge on any atom is 0.117 e. The molecule has 1 aliphatic heterocycles. The Morgan fingerprint density at radius 2 is 1.91 bits per heavy atom. The lowest BCUT2D eigenvalue weighted by Crippen LogP contribution is -2.37. The second-order valence-electron chi connectivity index (χ2n) is 3.17. The molecule has 0 aliphatic carbocycles. The number of alkyl halides is 1. The predicted molar refractivity (Wildman–Crippen MR) is 42.3 cm³/mol. The molecule has 2 nitrogen and oxygen atoms in total.